The monoisotopic (exact) mass is 677 g/mol. The first-order chi connectivity index (χ1) is 23.5. The summed E-state index contributed by atoms with van der Waals surface area (Å²) in [6.45, 7) is 4.49. The predicted octanol–water partition coefficient (Wildman–Crippen LogP) is 6.99. The van der Waals surface area contributed by atoms with Gasteiger partial charge in [0.2, 0.25) is 10.0 Å². The van der Waals surface area contributed by atoms with Crippen molar-refractivity contribution in [3.63, 3.8) is 0 Å². The Balaban J connectivity index is 1.35. The minimum atomic E-state index is -3.97. The van der Waals surface area contributed by atoms with E-state index in [-0.39, 0.29) is 29.9 Å². The number of non-ortho nitro benzene ring substituents is 1. The van der Waals surface area contributed by atoms with Crippen molar-refractivity contribution < 1.29 is 22.9 Å². The van der Waals surface area contributed by atoms with Crippen molar-refractivity contribution in [1.82, 2.24) is 4.31 Å². The molecule has 1 spiro atoms. The largest absolute Gasteiger partial charge is 0.489 e. The lowest BCUT2D eigenvalue weighted by molar-refractivity contribution is -0.384. The molecule has 1 heterocycles. The number of nitro groups is 1. The van der Waals surface area contributed by atoms with Gasteiger partial charge in [-0.25, -0.2) is 12.7 Å². The summed E-state index contributed by atoms with van der Waals surface area (Å²) in [5.41, 5.74) is 2.43. The van der Waals surface area contributed by atoms with Crippen LogP contribution in [0.2, 0.25) is 0 Å². The summed E-state index contributed by atoms with van der Waals surface area (Å²) in [5, 5.41) is 11.9. The molecule has 0 radical (unpaired) electrons. The second-order valence-electron chi connectivity index (χ2n) is 14.0. The first kappa shape index (κ1) is 32.7. The van der Waals surface area contributed by atoms with Crippen LogP contribution in [0.4, 0.5) is 5.69 Å². The quantitative estimate of drug-likeness (QED) is 0.101. The van der Waals surface area contributed by atoms with Crippen molar-refractivity contribution in [3.8, 4) is 5.75 Å². The van der Waals surface area contributed by atoms with E-state index in [1.54, 1.807) is 0 Å². The average molecular weight is 678 g/mol. The zero-order valence-corrected chi connectivity index (χ0v) is 28.4. The van der Waals surface area contributed by atoms with Gasteiger partial charge in [-0.3, -0.25) is 19.9 Å². The molecule has 0 aromatic heterocycles. The lowest BCUT2D eigenvalue weighted by Gasteiger charge is -2.37. The molecular weight excluding hydrogens is 639 g/mol. The number of amides is 1. The van der Waals surface area contributed by atoms with Crippen LogP contribution in [0.5, 0.6) is 5.75 Å². The van der Waals surface area contributed by atoms with Crippen LogP contribution in [-0.4, -0.2) is 47.1 Å². The van der Waals surface area contributed by atoms with Crippen molar-refractivity contribution in [2.75, 3.05) is 5.75 Å². The number of hydrogen-bond acceptors (Lipinski definition) is 7. The summed E-state index contributed by atoms with van der Waals surface area (Å²) in [7, 11) is -3.97. The molecule has 4 atom stereocenters. The van der Waals surface area contributed by atoms with Gasteiger partial charge in [0.25, 0.3) is 11.6 Å². The average Bonchev–Trinajstić information content (AvgIpc) is 3.59. The number of benzene rings is 4. The zero-order chi connectivity index (χ0) is 34.4. The maximum Gasteiger partial charge on any atom is 0.269 e. The molecule has 1 aliphatic heterocycles. The second-order valence-corrected chi connectivity index (χ2v) is 15.9. The molecule has 2 aliphatic carbocycles. The molecule has 49 heavy (non-hydrogen) atoms. The number of sulfonamides is 1. The number of rotatable bonds is 10. The van der Waals surface area contributed by atoms with E-state index in [1.807, 2.05) is 91.0 Å². The number of ether oxygens (including phenoxy) is 1. The third-order valence-corrected chi connectivity index (χ3v) is 13.1. The van der Waals surface area contributed by atoms with Crippen LogP contribution in [-0.2, 0) is 27.8 Å². The number of carbonyl (C=O) groups is 1. The van der Waals surface area contributed by atoms with Gasteiger partial charge in [-0.15, -0.1) is 0 Å². The Morgan fingerprint density at radius 2 is 1.57 bits per heavy atom. The number of fused-ring (bicyclic) bond motifs is 1. The van der Waals surface area contributed by atoms with Crippen LogP contribution in [0.25, 0.3) is 0 Å². The molecule has 9 nitrogen and oxygen atoms in total. The molecule has 0 N–H and O–H groups in total. The van der Waals surface area contributed by atoms with Gasteiger partial charge >= 0.3 is 0 Å². The summed E-state index contributed by atoms with van der Waals surface area (Å²) in [6.07, 6.45) is 2.23. The minimum Gasteiger partial charge on any atom is -0.489 e. The van der Waals surface area contributed by atoms with Crippen LogP contribution in [0, 0.1) is 26.9 Å². The van der Waals surface area contributed by atoms with Gasteiger partial charge in [0.05, 0.1) is 22.4 Å². The molecule has 7 rings (SSSR count). The molecule has 2 bridgehead atoms. The Morgan fingerprint density at radius 1 is 0.959 bits per heavy atom. The molecule has 4 aromatic carbocycles. The van der Waals surface area contributed by atoms with Gasteiger partial charge in [-0.05, 0) is 42.2 Å². The Labute approximate surface area is 286 Å². The van der Waals surface area contributed by atoms with Crippen LogP contribution < -0.4 is 4.74 Å². The van der Waals surface area contributed by atoms with E-state index in [2.05, 4.69) is 13.8 Å². The number of nitro benzene ring substituents is 1. The molecule has 252 valence electrons. The molecule has 10 heteroatoms. The van der Waals surface area contributed by atoms with Crippen LogP contribution in [0.15, 0.2) is 114 Å². The van der Waals surface area contributed by atoms with Crippen molar-refractivity contribution in [2.24, 2.45) is 21.7 Å². The van der Waals surface area contributed by atoms with Gasteiger partial charge in [0.15, 0.2) is 0 Å². The van der Waals surface area contributed by atoms with Crippen molar-refractivity contribution >= 4 is 27.3 Å². The maximum absolute atomic E-state index is 15.0. The molecule has 4 aromatic rings. The zero-order valence-electron chi connectivity index (χ0n) is 27.6. The van der Waals surface area contributed by atoms with E-state index in [0.29, 0.717) is 29.4 Å². The number of nitrogens with zero attached hydrogens (tertiary/aromatic N) is 3. The molecule has 1 saturated heterocycles. The second kappa shape index (κ2) is 12.6. The summed E-state index contributed by atoms with van der Waals surface area (Å²) in [4.78, 5) is 31.5. The van der Waals surface area contributed by atoms with Gasteiger partial charge in [-0.2, -0.15) is 0 Å². The Bertz CT molecular complexity index is 1980. The van der Waals surface area contributed by atoms with E-state index >= 15 is 0 Å². The number of aliphatic imine (C=N–C) groups is 1. The van der Waals surface area contributed by atoms with E-state index in [4.69, 9.17) is 9.73 Å². The van der Waals surface area contributed by atoms with Gasteiger partial charge in [-0.1, -0.05) is 105 Å². The van der Waals surface area contributed by atoms with Gasteiger partial charge in [0.1, 0.15) is 18.4 Å². The summed E-state index contributed by atoms with van der Waals surface area (Å²) in [5.74, 6) is 0.00700. The first-order valence-corrected chi connectivity index (χ1v) is 18.3. The molecule has 3 fully saturated rings. The topological polar surface area (TPSA) is 119 Å². The number of hydrogen-bond donors (Lipinski definition) is 0. The molecular formula is C39H39N3O6S. The molecule has 1 amide bonds. The van der Waals surface area contributed by atoms with Gasteiger partial charge in [0, 0.05) is 40.7 Å². The lowest BCUT2D eigenvalue weighted by atomic mass is 9.69. The standard InChI is InChI=1S/C39H39N3O6S/c1-38(2)31-20-21-39(38)26-49(46,47)41(35(39)24-31)37(43)33(40-36(28-14-8-4-9-15-28)29-16-10-5-11-17-29)23-30-22-32(42(44)45)18-19-34(30)48-25-27-12-6-3-7-13-27/h3-19,22,31,33,35H,20-21,23-26H2,1-2H3/t31-,33-,35-,39-/m0/s1. The first-order valence-electron chi connectivity index (χ1n) is 16.7. The molecule has 2 saturated carbocycles. The smallest absolute Gasteiger partial charge is 0.269 e. The summed E-state index contributed by atoms with van der Waals surface area (Å²) < 4.78 is 35.5. The fourth-order valence-corrected chi connectivity index (χ4v) is 11.1. The van der Waals surface area contributed by atoms with Crippen molar-refractivity contribution in [1.29, 1.82) is 0 Å². The van der Waals surface area contributed by atoms with Crippen molar-refractivity contribution in [2.45, 2.75) is 58.2 Å². The minimum absolute atomic E-state index is 0.0667. The Hall–Kier alpha value is -4.83. The Morgan fingerprint density at radius 3 is 2.16 bits per heavy atom. The predicted molar refractivity (Wildman–Crippen MR) is 188 cm³/mol. The van der Waals surface area contributed by atoms with E-state index in [9.17, 15) is 23.3 Å². The summed E-state index contributed by atoms with van der Waals surface area (Å²) >= 11 is 0. The Kier molecular flexibility index (Phi) is 8.39. The number of carbonyl (C=O) groups excluding carboxylic acids is 1. The fourth-order valence-electron chi connectivity index (χ4n) is 8.50. The third kappa shape index (κ3) is 5.82. The van der Waals surface area contributed by atoms with E-state index in [1.165, 1.54) is 18.2 Å². The van der Waals surface area contributed by atoms with E-state index in [0.717, 1.165) is 33.8 Å². The van der Waals surface area contributed by atoms with Gasteiger partial charge < -0.3 is 4.74 Å². The SMILES string of the molecule is CC1(C)[C@H]2CC[C@@]13CS(=O)(=O)N(C(=O)[C@H](Cc1cc([N+](=O)[O-])ccc1OCc1ccccc1)N=C(c1ccccc1)c1ccccc1)[C@H]3C2. The highest BCUT2D eigenvalue weighted by Gasteiger charge is 2.72. The molecule has 0 unspecified atom stereocenters. The highest BCUT2D eigenvalue weighted by Crippen LogP contribution is 2.70. The maximum atomic E-state index is 15.0. The van der Waals surface area contributed by atoms with Crippen LogP contribution in [0.1, 0.15) is 55.4 Å². The molecule has 3 aliphatic rings. The van der Waals surface area contributed by atoms with Crippen molar-refractivity contribution in [3.05, 3.63) is 142 Å². The van der Waals surface area contributed by atoms with Crippen LogP contribution >= 0.6 is 0 Å². The summed E-state index contributed by atoms with van der Waals surface area (Å²) in [6, 6.07) is 31.1. The normalized spacial score (nSPS) is 23.4. The van der Waals surface area contributed by atoms with E-state index < -0.39 is 38.4 Å². The lowest BCUT2D eigenvalue weighted by Crippen LogP contribution is -2.48. The highest BCUT2D eigenvalue weighted by molar-refractivity contribution is 7.90. The van der Waals surface area contributed by atoms with Crippen LogP contribution in [0.3, 0.4) is 0 Å². The third-order valence-electron chi connectivity index (χ3n) is 11.2. The fraction of sp³-hybridized carbons (Fsp3) is 0.333. The highest BCUT2D eigenvalue weighted by atomic mass is 32.2.